The van der Waals surface area contributed by atoms with Crippen molar-refractivity contribution in [2.75, 3.05) is 33.8 Å². The van der Waals surface area contributed by atoms with Crippen molar-refractivity contribution in [2.24, 2.45) is 5.41 Å². The summed E-state index contributed by atoms with van der Waals surface area (Å²) in [7, 11) is 3.61. The number of carbonyl (C=O) groups excluding carboxylic acids is 1. The summed E-state index contributed by atoms with van der Waals surface area (Å²) < 4.78 is 4.78. The normalized spacial score (nSPS) is 22.1. The highest BCUT2D eigenvalue weighted by atomic mass is 16.5. The fourth-order valence-corrected chi connectivity index (χ4v) is 2.24. The van der Waals surface area contributed by atoms with Crippen LogP contribution in [0, 0.1) is 5.41 Å². The van der Waals surface area contributed by atoms with Gasteiger partial charge in [-0.1, -0.05) is 13.8 Å². The number of hydrogen-bond donors (Lipinski definition) is 1. The van der Waals surface area contributed by atoms with Crippen molar-refractivity contribution in [3.8, 4) is 0 Å². The molecule has 4 nitrogen and oxygen atoms in total. The Balaban J connectivity index is 2.40. The number of carbonyl (C=O) groups is 1. The van der Waals surface area contributed by atoms with Gasteiger partial charge in [0.15, 0.2) is 0 Å². The number of ether oxygens (including phenoxy) is 1. The van der Waals surface area contributed by atoms with Crippen LogP contribution in [0.5, 0.6) is 0 Å². The van der Waals surface area contributed by atoms with E-state index in [1.165, 1.54) is 20.0 Å². The smallest absolute Gasteiger partial charge is 0.322 e. The van der Waals surface area contributed by atoms with Crippen LogP contribution in [0.4, 0.5) is 0 Å². The van der Waals surface area contributed by atoms with E-state index in [0.29, 0.717) is 5.41 Å². The van der Waals surface area contributed by atoms with Crippen molar-refractivity contribution < 1.29 is 9.53 Å². The molecule has 1 aliphatic heterocycles. The molecule has 1 unspecified atom stereocenters. The molecule has 1 fully saturated rings. The third-order valence-corrected chi connectivity index (χ3v) is 3.86. The number of rotatable bonds is 5. The lowest BCUT2D eigenvalue weighted by Gasteiger charge is -2.38. The molecule has 17 heavy (non-hydrogen) atoms. The second-order valence-corrected chi connectivity index (χ2v) is 5.48. The van der Waals surface area contributed by atoms with Gasteiger partial charge in [0.25, 0.3) is 0 Å². The summed E-state index contributed by atoms with van der Waals surface area (Å²) >= 11 is 0. The van der Waals surface area contributed by atoms with E-state index in [1.54, 1.807) is 0 Å². The topological polar surface area (TPSA) is 41.6 Å². The quantitative estimate of drug-likeness (QED) is 0.737. The first-order valence-corrected chi connectivity index (χ1v) is 6.50. The Morgan fingerprint density at radius 1 is 1.47 bits per heavy atom. The van der Waals surface area contributed by atoms with Gasteiger partial charge in [0, 0.05) is 6.54 Å². The number of esters is 1. The second-order valence-electron chi connectivity index (χ2n) is 5.48. The van der Waals surface area contributed by atoms with E-state index in [-0.39, 0.29) is 12.0 Å². The number of piperidine rings is 1. The minimum absolute atomic E-state index is 0.149. The van der Waals surface area contributed by atoms with Gasteiger partial charge < -0.3 is 15.0 Å². The molecule has 1 N–H and O–H groups in total. The molecule has 0 spiro atoms. The van der Waals surface area contributed by atoms with Gasteiger partial charge >= 0.3 is 5.97 Å². The summed E-state index contributed by atoms with van der Waals surface area (Å²) in [5, 5.41) is 3.35. The number of methoxy groups -OCH3 is 1. The summed E-state index contributed by atoms with van der Waals surface area (Å²) in [4.78, 5) is 13.8. The number of likely N-dealkylation sites (tertiary alicyclic amines) is 1. The zero-order valence-electron chi connectivity index (χ0n) is 11.6. The number of nitrogens with zero attached hydrogens (tertiary/aromatic N) is 1. The fraction of sp³-hybridized carbons (Fsp3) is 0.923. The minimum Gasteiger partial charge on any atom is -0.468 e. The number of nitrogens with one attached hydrogen (secondary N) is 1. The summed E-state index contributed by atoms with van der Waals surface area (Å²) in [6.07, 6.45) is 3.16. The first-order valence-electron chi connectivity index (χ1n) is 6.50. The summed E-state index contributed by atoms with van der Waals surface area (Å²) in [6, 6.07) is -0.156. The Bertz CT molecular complexity index is 248. The highest BCUT2D eigenvalue weighted by molar-refractivity contribution is 5.75. The van der Waals surface area contributed by atoms with Crippen molar-refractivity contribution in [1.82, 2.24) is 10.2 Å². The molecular weight excluding hydrogens is 216 g/mol. The van der Waals surface area contributed by atoms with E-state index >= 15 is 0 Å². The van der Waals surface area contributed by atoms with Crippen LogP contribution in [0.1, 0.15) is 33.1 Å². The lowest BCUT2D eigenvalue weighted by atomic mass is 9.80. The molecule has 0 aromatic rings. The van der Waals surface area contributed by atoms with Gasteiger partial charge in [-0.3, -0.25) is 4.79 Å². The van der Waals surface area contributed by atoms with Gasteiger partial charge in [-0.25, -0.2) is 0 Å². The third kappa shape index (κ3) is 4.28. The van der Waals surface area contributed by atoms with Gasteiger partial charge in [0.1, 0.15) is 6.04 Å². The Hall–Kier alpha value is -0.610. The van der Waals surface area contributed by atoms with Gasteiger partial charge in [-0.05, 0) is 44.8 Å². The molecule has 1 heterocycles. The molecule has 0 aromatic heterocycles. The maximum absolute atomic E-state index is 11.5. The Labute approximate surface area is 105 Å². The second kappa shape index (κ2) is 6.36. The van der Waals surface area contributed by atoms with Gasteiger partial charge in [-0.2, -0.15) is 0 Å². The molecule has 100 valence electrons. The van der Waals surface area contributed by atoms with Gasteiger partial charge in [0.2, 0.25) is 0 Å². The van der Waals surface area contributed by atoms with Crippen LogP contribution in [-0.2, 0) is 9.53 Å². The number of hydrogen-bond acceptors (Lipinski definition) is 4. The first kappa shape index (κ1) is 14.5. The average Bonchev–Trinajstić information content (AvgIpc) is 2.34. The van der Waals surface area contributed by atoms with Crippen LogP contribution in [0.2, 0.25) is 0 Å². The van der Waals surface area contributed by atoms with Crippen LogP contribution in [0.25, 0.3) is 0 Å². The molecule has 1 aliphatic rings. The molecule has 0 amide bonds. The highest BCUT2D eigenvalue weighted by Gasteiger charge is 2.30. The predicted molar refractivity (Wildman–Crippen MR) is 68.9 cm³/mol. The lowest BCUT2D eigenvalue weighted by Crippen LogP contribution is -2.46. The molecule has 0 saturated carbocycles. The molecule has 1 saturated heterocycles. The zero-order valence-corrected chi connectivity index (χ0v) is 11.6. The van der Waals surface area contributed by atoms with E-state index < -0.39 is 0 Å². The minimum atomic E-state index is -0.156. The van der Waals surface area contributed by atoms with Crippen LogP contribution in [-0.4, -0.2) is 50.7 Å². The summed E-state index contributed by atoms with van der Waals surface area (Å²) in [5.74, 6) is -0.149. The SMILES string of the molecule is CCC(NCC1(C)CCN(C)CC1)C(=O)OC. The highest BCUT2D eigenvalue weighted by Crippen LogP contribution is 2.29. The standard InChI is InChI=1S/C13H26N2O2/c1-5-11(12(16)17-4)14-10-13(2)6-8-15(3)9-7-13/h11,14H,5-10H2,1-4H3. The molecule has 0 aliphatic carbocycles. The van der Waals surface area contributed by atoms with Crippen molar-refractivity contribution in [3.63, 3.8) is 0 Å². The van der Waals surface area contributed by atoms with Crippen LogP contribution < -0.4 is 5.32 Å². The molecule has 0 bridgehead atoms. The van der Waals surface area contributed by atoms with Crippen molar-refractivity contribution in [1.29, 1.82) is 0 Å². The van der Waals surface area contributed by atoms with Crippen molar-refractivity contribution in [3.05, 3.63) is 0 Å². The molecule has 0 aromatic carbocycles. The summed E-state index contributed by atoms with van der Waals surface area (Å²) in [5.41, 5.74) is 0.313. The van der Waals surface area contributed by atoms with E-state index in [1.807, 2.05) is 6.92 Å². The molecule has 1 rings (SSSR count). The van der Waals surface area contributed by atoms with E-state index in [0.717, 1.165) is 26.1 Å². The molecule has 0 radical (unpaired) electrons. The van der Waals surface area contributed by atoms with Crippen molar-refractivity contribution >= 4 is 5.97 Å². The van der Waals surface area contributed by atoms with E-state index in [4.69, 9.17) is 4.74 Å². The predicted octanol–water partition coefficient (Wildman–Crippen LogP) is 1.26. The Kier molecular flexibility index (Phi) is 5.40. The largest absolute Gasteiger partial charge is 0.468 e. The Morgan fingerprint density at radius 3 is 2.53 bits per heavy atom. The van der Waals surface area contributed by atoms with Gasteiger partial charge in [0.05, 0.1) is 7.11 Å². The van der Waals surface area contributed by atoms with E-state index in [2.05, 4.69) is 24.2 Å². The van der Waals surface area contributed by atoms with E-state index in [9.17, 15) is 4.79 Å². The zero-order chi connectivity index (χ0) is 12.9. The molecule has 1 atom stereocenters. The lowest BCUT2D eigenvalue weighted by molar-refractivity contribution is -0.143. The maximum Gasteiger partial charge on any atom is 0.322 e. The van der Waals surface area contributed by atoms with Crippen LogP contribution >= 0.6 is 0 Å². The fourth-order valence-electron chi connectivity index (χ4n) is 2.24. The van der Waals surface area contributed by atoms with Gasteiger partial charge in [-0.15, -0.1) is 0 Å². The Morgan fingerprint density at radius 2 is 2.06 bits per heavy atom. The molecular formula is C13H26N2O2. The van der Waals surface area contributed by atoms with Crippen LogP contribution in [0.3, 0.4) is 0 Å². The third-order valence-electron chi connectivity index (χ3n) is 3.86. The monoisotopic (exact) mass is 242 g/mol. The average molecular weight is 242 g/mol. The van der Waals surface area contributed by atoms with Crippen LogP contribution in [0.15, 0.2) is 0 Å². The molecule has 4 heteroatoms. The first-order chi connectivity index (χ1) is 8.00. The summed E-state index contributed by atoms with van der Waals surface area (Å²) in [6.45, 7) is 7.50. The van der Waals surface area contributed by atoms with Crippen molar-refractivity contribution in [2.45, 2.75) is 39.2 Å². The maximum atomic E-state index is 11.5.